The van der Waals surface area contributed by atoms with Crippen molar-refractivity contribution in [3.63, 3.8) is 0 Å². The van der Waals surface area contributed by atoms with E-state index in [0.717, 1.165) is 43.2 Å². The highest BCUT2D eigenvalue weighted by Crippen LogP contribution is 2.56. The molecule has 3 aliphatic rings. The van der Waals surface area contributed by atoms with E-state index in [1.807, 2.05) is 18.4 Å². The van der Waals surface area contributed by atoms with Crippen LogP contribution in [0.2, 0.25) is 0 Å². The van der Waals surface area contributed by atoms with Crippen LogP contribution in [0.15, 0.2) is 18.3 Å². The van der Waals surface area contributed by atoms with Gasteiger partial charge < -0.3 is 20.3 Å². The fourth-order valence-electron chi connectivity index (χ4n) is 4.43. The van der Waals surface area contributed by atoms with Crippen LogP contribution >= 0.6 is 11.8 Å². The lowest BCUT2D eigenvalue weighted by Crippen LogP contribution is -2.50. The van der Waals surface area contributed by atoms with Gasteiger partial charge in [0.25, 0.3) is 0 Å². The summed E-state index contributed by atoms with van der Waals surface area (Å²) in [5.41, 5.74) is 7.79. The van der Waals surface area contributed by atoms with E-state index in [4.69, 9.17) is 15.2 Å². The molecule has 162 valence electrons. The third-order valence-corrected chi connectivity index (χ3v) is 8.23. The van der Waals surface area contributed by atoms with Gasteiger partial charge in [-0.15, -0.1) is 11.8 Å². The fraction of sp³-hybridized carbons (Fsp3) is 0.783. The van der Waals surface area contributed by atoms with Crippen LogP contribution in [-0.2, 0) is 11.2 Å². The van der Waals surface area contributed by atoms with Gasteiger partial charge in [-0.3, -0.25) is 4.98 Å². The molecule has 2 atom stereocenters. The molecule has 29 heavy (non-hydrogen) atoms. The summed E-state index contributed by atoms with van der Waals surface area (Å²) in [6.07, 6.45) is 15.8. The van der Waals surface area contributed by atoms with E-state index in [1.54, 1.807) is 6.20 Å². The Balaban J connectivity index is 1.28. The largest absolute Gasteiger partial charge is 0.490 e. The molecule has 1 spiro atoms. The van der Waals surface area contributed by atoms with E-state index < -0.39 is 11.0 Å². The zero-order valence-corrected chi connectivity index (χ0v) is 18.5. The maximum Gasteiger partial charge on any atom is 0.133 e. The minimum absolute atomic E-state index is 0.304. The Bertz CT molecular complexity index is 670. The summed E-state index contributed by atoms with van der Waals surface area (Å²) in [5.74, 6) is 1.70. The molecule has 1 aromatic heterocycles. The Kier molecular flexibility index (Phi) is 6.74. The summed E-state index contributed by atoms with van der Waals surface area (Å²) in [6, 6.07) is 3.42. The zero-order chi connectivity index (χ0) is 20.3. The third kappa shape index (κ3) is 5.87. The van der Waals surface area contributed by atoms with Crippen molar-refractivity contribution in [3.05, 3.63) is 24.0 Å². The van der Waals surface area contributed by atoms with Crippen LogP contribution in [0, 0.1) is 11.3 Å². The Hall–Kier alpha value is -0.820. The van der Waals surface area contributed by atoms with E-state index in [-0.39, 0.29) is 0 Å². The molecule has 1 aromatic rings. The van der Waals surface area contributed by atoms with Crippen molar-refractivity contribution in [2.75, 3.05) is 19.5 Å². The summed E-state index contributed by atoms with van der Waals surface area (Å²) in [4.78, 5) is 3.36. The standard InChI is InChI=1S/C23H36N2O3S/c1-29-23(26,21(24)16-27-13-7-17-2-3-17)15-18-14-20(6-12-25-18)28-19-4-8-22(9-5-19)10-11-22/h6,12,14,17,19,21,26H,2-5,7-11,13,15-16,24H2,1H3/t21?,23-/m0/s1. The minimum atomic E-state index is -1.10. The number of nitrogens with zero attached hydrogens (tertiary/aromatic N) is 1. The second kappa shape index (κ2) is 9.13. The van der Waals surface area contributed by atoms with Gasteiger partial charge in [0, 0.05) is 31.0 Å². The molecule has 3 fully saturated rings. The zero-order valence-electron chi connectivity index (χ0n) is 17.6. The molecule has 1 heterocycles. The minimum Gasteiger partial charge on any atom is -0.490 e. The second-order valence-corrected chi connectivity index (χ2v) is 10.6. The second-order valence-electron chi connectivity index (χ2n) is 9.44. The maximum atomic E-state index is 11.1. The topological polar surface area (TPSA) is 77.6 Å². The fourth-order valence-corrected chi connectivity index (χ4v) is 5.09. The lowest BCUT2D eigenvalue weighted by atomic mass is 9.85. The smallest absolute Gasteiger partial charge is 0.133 e. The highest BCUT2D eigenvalue weighted by Gasteiger charge is 2.45. The predicted octanol–water partition coefficient (Wildman–Crippen LogP) is 3.92. The van der Waals surface area contributed by atoms with Crippen molar-refractivity contribution < 1.29 is 14.6 Å². The van der Waals surface area contributed by atoms with Crippen molar-refractivity contribution in [1.82, 2.24) is 4.98 Å². The first-order chi connectivity index (χ1) is 14.0. The van der Waals surface area contributed by atoms with E-state index in [9.17, 15) is 5.11 Å². The number of hydrogen-bond donors (Lipinski definition) is 2. The Morgan fingerprint density at radius 3 is 2.69 bits per heavy atom. The highest BCUT2D eigenvalue weighted by atomic mass is 32.2. The van der Waals surface area contributed by atoms with E-state index >= 15 is 0 Å². The first-order valence-electron chi connectivity index (χ1n) is 11.2. The number of hydrogen-bond acceptors (Lipinski definition) is 6. The molecule has 3 aliphatic carbocycles. The molecule has 0 aliphatic heterocycles. The SMILES string of the molecule is CS[C@@](O)(Cc1cc(OC2CCC3(CC2)CC3)ccn1)C(N)COCCC1CC1. The van der Waals surface area contributed by atoms with Gasteiger partial charge in [-0.2, -0.15) is 0 Å². The lowest BCUT2D eigenvalue weighted by molar-refractivity contribution is 0.0415. The molecule has 6 heteroatoms. The van der Waals surface area contributed by atoms with Crippen molar-refractivity contribution in [3.8, 4) is 5.75 Å². The molecule has 0 bridgehead atoms. The van der Waals surface area contributed by atoms with Gasteiger partial charge in [0.2, 0.25) is 0 Å². The van der Waals surface area contributed by atoms with Crippen LogP contribution in [0.1, 0.15) is 63.5 Å². The number of thioether (sulfide) groups is 1. The van der Waals surface area contributed by atoms with Crippen molar-refractivity contribution in [2.24, 2.45) is 17.1 Å². The molecule has 0 saturated heterocycles. The molecular weight excluding hydrogens is 384 g/mol. The van der Waals surface area contributed by atoms with Gasteiger partial charge in [0.15, 0.2) is 0 Å². The van der Waals surface area contributed by atoms with Gasteiger partial charge >= 0.3 is 0 Å². The van der Waals surface area contributed by atoms with Gasteiger partial charge in [-0.25, -0.2) is 0 Å². The van der Waals surface area contributed by atoms with Gasteiger partial charge in [0.05, 0.1) is 18.8 Å². The van der Waals surface area contributed by atoms with Gasteiger partial charge in [-0.1, -0.05) is 12.8 Å². The number of nitrogens with two attached hydrogens (primary N) is 1. The molecule has 3 saturated carbocycles. The number of pyridine rings is 1. The Morgan fingerprint density at radius 2 is 2.03 bits per heavy atom. The predicted molar refractivity (Wildman–Crippen MR) is 117 cm³/mol. The molecular formula is C23H36N2O3S. The number of aromatic nitrogens is 1. The molecule has 1 unspecified atom stereocenters. The molecule has 3 N–H and O–H groups in total. The van der Waals surface area contributed by atoms with Crippen molar-refractivity contribution >= 4 is 11.8 Å². The van der Waals surface area contributed by atoms with Gasteiger partial charge in [-0.05, 0) is 68.6 Å². The van der Waals surface area contributed by atoms with Crippen LogP contribution in [-0.4, -0.2) is 46.6 Å². The monoisotopic (exact) mass is 420 g/mol. The van der Waals surface area contributed by atoms with Crippen LogP contribution in [0.25, 0.3) is 0 Å². The average Bonchev–Trinajstić information content (AvgIpc) is 3.65. The van der Waals surface area contributed by atoms with E-state index in [2.05, 4.69) is 4.98 Å². The van der Waals surface area contributed by atoms with E-state index in [1.165, 1.54) is 50.3 Å². The molecule has 4 rings (SSSR count). The maximum absolute atomic E-state index is 11.1. The van der Waals surface area contributed by atoms with Crippen LogP contribution in [0.4, 0.5) is 0 Å². The Labute approximate surface area is 179 Å². The first-order valence-corrected chi connectivity index (χ1v) is 12.5. The quantitative estimate of drug-likeness (QED) is 0.417. The van der Waals surface area contributed by atoms with Crippen molar-refractivity contribution in [1.29, 1.82) is 0 Å². The molecule has 0 aromatic carbocycles. The first kappa shape index (κ1) is 21.4. The highest BCUT2D eigenvalue weighted by molar-refractivity contribution is 7.99. The van der Waals surface area contributed by atoms with Crippen molar-refractivity contribution in [2.45, 2.75) is 81.3 Å². The number of rotatable bonds is 11. The average molecular weight is 421 g/mol. The van der Waals surface area contributed by atoms with E-state index in [0.29, 0.717) is 24.5 Å². The summed E-state index contributed by atoms with van der Waals surface area (Å²) in [5, 5.41) is 11.1. The summed E-state index contributed by atoms with van der Waals surface area (Å²) in [6.45, 7) is 1.09. The Morgan fingerprint density at radius 1 is 1.28 bits per heavy atom. The number of ether oxygens (including phenoxy) is 2. The van der Waals surface area contributed by atoms with Crippen LogP contribution in [0.5, 0.6) is 5.75 Å². The van der Waals surface area contributed by atoms with Gasteiger partial charge in [0.1, 0.15) is 10.7 Å². The summed E-state index contributed by atoms with van der Waals surface area (Å²) < 4.78 is 12.0. The lowest BCUT2D eigenvalue weighted by Gasteiger charge is -2.32. The van der Waals surface area contributed by atoms with Crippen LogP contribution < -0.4 is 10.5 Å². The summed E-state index contributed by atoms with van der Waals surface area (Å²) >= 11 is 1.37. The molecule has 0 amide bonds. The third-order valence-electron chi connectivity index (χ3n) is 7.07. The molecule has 5 nitrogen and oxygen atoms in total. The number of aliphatic hydroxyl groups is 1. The van der Waals surface area contributed by atoms with Crippen LogP contribution in [0.3, 0.4) is 0 Å². The normalized spacial score (nSPS) is 24.2. The summed E-state index contributed by atoms with van der Waals surface area (Å²) in [7, 11) is 0. The molecule has 0 radical (unpaired) electrons.